The van der Waals surface area contributed by atoms with Crippen LogP contribution in [0.15, 0.2) is 45.6 Å². The predicted octanol–water partition coefficient (Wildman–Crippen LogP) is 3.33. The summed E-state index contributed by atoms with van der Waals surface area (Å²) in [6.45, 7) is 1.86. The molecule has 0 aliphatic carbocycles. The Morgan fingerprint density at radius 2 is 2.29 bits per heavy atom. The SMILES string of the molecule is O=C(CCc1nnc(-c2ccsc2)o1)N1CCCC(OCc2ccccn2)C1. The van der Waals surface area contributed by atoms with E-state index in [1.807, 2.05) is 39.9 Å². The second-order valence-corrected chi connectivity index (χ2v) is 7.53. The number of likely N-dealkylation sites (tertiary alicyclic amines) is 1. The summed E-state index contributed by atoms with van der Waals surface area (Å²) in [5.74, 6) is 1.10. The van der Waals surface area contributed by atoms with E-state index in [1.165, 1.54) is 0 Å². The molecule has 8 heteroatoms. The average molecular weight is 398 g/mol. The van der Waals surface area contributed by atoms with Gasteiger partial charge in [0, 0.05) is 43.1 Å². The van der Waals surface area contributed by atoms with Crippen molar-refractivity contribution in [3.05, 3.63) is 52.8 Å². The number of ether oxygens (including phenoxy) is 1. The van der Waals surface area contributed by atoms with Gasteiger partial charge in [0.05, 0.1) is 18.4 Å². The summed E-state index contributed by atoms with van der Waals surface area (Å²) in [6, 6.07) is 7.72. The Morgan fingerprint density at radius 3 is 3.11 bits per heavy atom. The smallest absolute Gasteiger partial charge is 0.248 e. The second kappa shape index (κ2) is 9.07. The fraction of sp³-hybridized carbons (Fsp3) is 0.400. The van der Waals surface area contributed by atoms with Crippen LogP contribution >= 0.6 is 11.3 Å². The first kappa shape index (κ1) is 18.8. The van der Waals surface area contributed by atoms with Gasteiger partial charge in [0.2, 0.25) is 17.7 Å². The number of aryl methyl sites for hydroxylation is 1. The van der Waals surface area contributed by atoms with Gasteiger partial charge in [-0.25, -0.2) is 0 Å². The summed E-state index contributed by atoms with van der Waals surface area (Å²) in [4.78, 5) is 18.7. The molecule has 1 amide bonds. The number of rotatable bonds is 7. The van der Waals surface area contributed by atoms with E-state index < -0.39 is 0 Å². The Hall–Kier alpha value is -2.58. The van der Waals surface area contributed by atoms with Crippen molar-refractivity contribution in [2.75, 3.05) is 13.1 Å². The van der Waals surface area contributed by atoms with Gasteiger partial charge in [-0.3, -0.25) is 9.78 Å². The minimum absolute atomic E-state index is 0.0494. The number of nitrogens with zero attached hydrogens (tertiary/aromatic N) is 4. The molecule has 4 rings (SSSR count). The molecule has 3 aromatic heterocycles. The maximum absolute atomic E-state index is 12.6. The molecule has 0 bridgehead atoms. The number of hydrogen-bond donors (Lipinski definition) is 0. The maximum atomic E-state index is 12.6. The number of carbonyl (C=O) groups is 1. The minimum Gasteiger partial charge on any atom is -0.421 e. The van der Waals surface area contributed by atoms with Crippen LogP contribution in [0.25, 0.3) is 11.5 Å². The molecule has 0 radical (unpaired) electrons. The van der Waals surface area contributed by atoms with Gasteiger partial charge in [0.1, 0.15) is 0 Å². The Morgan fingerprint density at radius 1 is 1.32 bits per heavy atom. The van der Waals surface area contributed by atoms with Crippen LogP contribution in [0.4, 0.5) is 0 Å². The van der Waals surface area contributed by atoms with Crippen molar-refractivity contribution < 1.29 is 13.9 Å². The predicted molar refractivity (Wildman–Crippen MR) is 105 cm³/mol. The van der Waals surface area contributed by atoms with Crippen LogP contribution in [0.5, 0.6) is 0 Å². The molecule has 1 aliphatic heterocycles. The fourth-order valence-corrected chi connectivity index (χ4v) is 3.85. The monoisotopic (exact) mass is 398 g/mol. The van der Waals surface area contributed by atoms with Crippen molar-refractivity contribution in [1.82, 2.24) is 20.1 Å². The van der Waals surface area contributed by atoms with Crippen LogP contribution in [0.1, 0.15) is 30.8 Å². The summed E-state index contributed by atoms with van der Waals surface area (Å²) in [5.41, 5.74) is 1.82. The first-order valence-electron chi connectivity index (χ1n) is 9.42. The molecular formula is C20H22N4O3S. The van der Waals surface area contributed by atoms with Crippen LogP contribution in [0.2, 0.25) is 0 Å². The molecule has 4 heterocycles. The van der Waals surface area contributed by atoms with E-state index in [2.05, 4.69) is 15.2 Å². The highest BCUT2D eigenvalue weighted by atomic mass is 32.1. The number of thiophene rings is 1. The molecule has 7 nitrogen and oxygen atoms in total. The molecule has 28 heavy (non-hydrogen) atoms. The fourth-order valence-electron chi connectivity index (χ4n) is 3.22. The molecule has 1 aliphatic rings. The summed E-state index contributed by atoms with van der Waals surface area (Å²) >= 11 is 1.58. The molecule has 1 saturated heterocycles. The zero-order chi connectivity index (χ0) is 19.2. The maximum Gasteiger partial charge on any atom is 0.248 e. The molecule has 0 aromatic carbocycles. The van der Waals surface area contributed by atoms with Crippen LogP contribution < -0.4 is 0 Å². The molecule has 3 aromatic rings. The number of amides is 1. The molecule has 1 fully saturated rings. The normalized spacial score (nSPS) is 17.0. The van der Waals surface area contributed by atoms with Crippen molar-refractivity contribution in [1.29, 1.82) is 0 Å². The van der Waals surface area contributed by atoms with Crippen LogP contribution in [-0.2, 0) is 22.6 Å². The lowest BCUT2D eigenvalue weighted by molar-refractivity contribution is -0.135. The Labute approximate surface area is 167 Å². The quantitative estimate of drug-likeness (QED) is 0.607. The average Bonchev–Trinajstić information content (AvgIpc) is 3.43. The van der Waals surface area contributed by atoms with Gasteiger partial charge < -0.3 is 14.1 Å². The Balaban J connectivity index is 1.25. The lowest BCUT2D eigenvalue weighted by Crippen LogP contribution is -2.43. The van der Waals surface area contributed by atoms with Crippen molar-refractivity contribution in [3.63, 3.8) is 0 Å². The van der Waals surface area contributed by atoms with Crippen LogP contribution in [-0.4, -0.2) is 45.2 Å². The second-order valence-electron chi connectivity index (χ2n) is 6.75. The first-order valence-corrected chi connectivity index (χ1v) is 10.4. The summed E-state index contributed by atoms with van der Waals surface area (Å²) < 4.78 is 11.6. The molecule has 0 N–H and O–H groups in total. The Kier molecular flexibility index (Phi) is 6.08. The van der Waals surface area contributed by atoms with Gasteiger partial charge in [-0.05, 0) is 36.4 Å². The third-order valence-corrected chi connectivity index (χ3v) is 5.39. The van der Waals surface area contributed by atoms with Gasteiger partial charge in [-0.1, -0.05) is 6.07 Å². The highest BCUT2D eigenvalue weighted by Gasteiger charge is 2.24. The van der Waals surface area contributed by atoms with Gasteiger partial charge in [-0.15, -0.1) is 10.2 Å². The van der Waals surface area contributed by atoms with Crippen LogP contribution in [0, 0.1) is 0 Å². The highest BCUT2D eigenvalue weighted by molar-refractivity contribution is 7.08. The number of aromatic nitrogens is 3. The Bertz CT molecular complexity index is 882. The van der Waals surface area contributed by atoms with Gasteiger partial charge in [-0.2, -0.15) is 11.3 Å². The van der Waals surface area contributed by atoms with Crippen molar-refractivity contribution in [2.45, 2.75) is 38.4 Å². The summed E-state index contributed by atoms with van der Waals surface area (Å²) in [7, 11) is 0. The lowest BCUT2D eigenvalue weighted by Gasteiger charge is -2.32. The topological polar surface area (TPSA) is 81.4 Å². The third kappa shape index (κ3) is 4.82. The first-order chi connectivity index (χ1) is 13.8. The van der Waals surface area contributed by atoms with E-state index in [1.54, 1.807) is 17.5 Å². The van der Waals surface area contributed by atoms with Crippen molar-refractivity contribution in [3.8, 4) is 11.5 Å². The third-order valence-electron chi connectivity index (χ3n) is 4.71. The molecular weight excluding hydrogens is 376 g/mol. The standard InChI is InChI=1S/C20H22N4O3S/c25-19(7-6-18-22-23-20(27-18)15-8-11-28-14-15)24-10-3-5-17(12-24)26-13-16-4-1-2-9-21-16/h1-2,4,8-9,11,14,17H,3,5-7,10,12-13H2. The van der Waals surface area contributed by atoms with Gasteiger partial charge in [0.25, 0.3) is 0 Å². The molecule has 0 spiro atoms. The zero-order valence-electron chi connectivity index (χ0n) is 15.5. The zero-order valence-corrected chi connectivity index (χ0v) is 16.3. The van der Waals surface area contributed by atoms with Crippen molar-refractivity contribution in [2.24, 2.45) is 0 Å². The van der Waals surface area contributed by atoms with E-state index in [4.69, 9.17) is 9.15 Å². The highest BCUT2D eigenvalue weighted by Crippen LogP contribution is 2.21. The number of pyridine rings is 1. The minimum atomic E-state index is 0.0494. The largest absolute Gasteiger partial charge is 0.421 e. The molecule has 146 valence electrons. The van der Waals surface area contributed by atoms with Gasteiger partial charge in [0.15, 0.2) is 0 Å². The number of carbonyl (C=O) groups excluding carboxylic acids is 1. The van der Waals surface area contributed by atoms with E-state index in [-0.39, 0.29) is 12.0 Å². The van der Waals surface area contributed by atoms with Crippen LogP contribution in [0.3, 0.4) is 0 Å². The lowest BCUT2D eigenvalue weighted by atomic mass is 10.1. The van der Waals surface area contributed by atoms with E-state index in [0.717, 1.165) is 30.6 Å². The number of piperidine rings is 1. The van der Waals surface area contributed by atoms with E-state index in [9.17, 15) is 4.79 Å². The summed E-state index contributed by atoms with van der Waals surface area (Å²) in [5, 5.41) is 12.0. The van der Waals surface area contributed by atoms with Crippen molar-refractivity contribution >= 4 is 17.2 Å². The number of hydrogen-bond acceptors (Lipinski definition) is 7. The van der Waals surface area contributed by atoms with Gasteiger partial charge >= 0.3 is 0 Å². The molecule has 0 saturated carbocycles. The molecule has 1 atom stereocenters. The summed E-state index contributed by atoms with van der Waals surface area (Å²) in [6.07, 6.45) is 4.53. The van der Waals surface area contributed by atoms with E-state index >= 15 is 0 Å². The van der Waals surface area contributed by atoms with E-state index in [0.29, 0.717) is 37.8 Å². The molecule has 1 unspecified atom stereocenters.